The number of anilines is 1. The molecule has 0 unspecified atom stereocenters. The van der Waals surface area contributed by atoms with Crippen LogP contribution in [0.1, 0.15) is 22.3 Å². The Bertz CT molecular complexity index is 761. The summed E-state index contributed by atoms with van der Waals surface area (Å²) in [6, 6.07) is 11.7. The fourth-order valence-corrected chi connectivity index (χ4v) is 2.90. The molecule has 6 heteroatoms. The van der Waals surface area contributed by atoms with Crippen LogP contribution < -0.4 is 4.90 Å². The van der Waals surface area contributed by atoms with E-state index in [1.807, 2.05) is 24.3 Å². The number of aryl methyl sites for hydroxylation is 1. The van der Waals surface area contributed by atoms with Crippen molar-refractivity contribution < 1.29 is 9.72 Å². The molecule has 2 aromatic carbocycles. The summed E-state index contributed by atoms with van der Waals surface area (Å²) in [6.45, 7) is 0.541. The quantitative estimate of drug-likeness (QED) is 0.624. The average molecular weight is 317 g/mol. The van der Waals surface area contributed by atoms with Crippen LogP contribution in [0.3, 0.4) is 0 Å². The highest BCUT2D eigenvalue weighted by Crippen LogP contribution is 2.31. The molecule has 0 atom stereocenters. The first-order chi connectivity index (χ1) is 10.6. The van der Waals surface area contributed by atoms with Crippen molar-refractivity contribution in [1.82, 2.24) is 0 Å². The molecule has 1 aliphatic heterocycles. The van der Waals surface area contributed by atoms with Gasteiger partial charge in [-0.25, -0.2) is 0 Å². The van der Waals surface area contributed by atoms with E-state index in [0.717, 1.165) is 24.1 Å². The van der Waals surface area contributed by atoms with E-state index in [2.05, 4.69) is 0 Å². The lowest BCUT2D eigenvalue weighted by Crippen LogP contribution is -2.35. The first-order valence-corrected chi connectivity index (χ1v) is 7.29. The highest BCUT2D eigenvalue weighted by molar-refractivity contribution is 6.31. The largest absolute Gasteiger partial charge is 0.308 e. The predicted molar refractivity (Wildman–Crippen MR) is 84.5 cm³/mol. The third-order valence-corrected chi connectivity index (χ3v) is 3.98. The molecule has 3 rings (SSSR count). The van der Waals surface area contributed by atoms with Gasteiger partial charge in [-0.15, -0.1) is 0 Å². The number of amides is 1. The van der Waals surface area contributed by atoms with Gasteiger partial charge in [-0.3, -0.25) is 14.9 Å². The molecule has 0 bridgehead atoms. The van der Waals surface area contributed by atoms with Crippen LogP contribution in [0.2, 0.25) is 5.02 Å². The Balaban J connectivity index is 2.06. The summed E-state index contributed by atoms with van der Waals surface area (Å²) < 4.78 is 0. The molecule has 1 amide bonds. The van der Waals surface area contributed by atoms with Gasteiger partial charge in [0.25, 0.3) is 11.6 Å². The number of carbonyl (C=O) groups excluding carboxylic acids is 1. The lowest BCUT2D eigenvalue weighted by Gasteiger charge is -2.29. The fourth-order valence-electron chi connectivity index (χ4n) is 2.73. The molecule has 0 spiro atoms. The van der Waals surface area contributed by atoms with E-state index in [4.69, 9.17) is 11.6 Å². The summed E-state index contributed by atoms with van der Waals surface area (Å²) in [6.07, 6.45) is 1.73. The molecule has 22 heavy (non-hydrogen) atoms. The molecular formula is C16H13ClN2O3. The van der Waals surface area contributed by atoms with Crippen molar-refractivity contribution in [3.05, 3.63) is 68.7 Å². The Morgan fingerprint density at radius 1 is 1.23 bits per heavy atom. The van der Waals surface area contributed by atoms with Crippen LogP contribution in [-0.4, -0.2) is 17.4 Å². The summed E-state index contributed by atoms with van der Waals surface area (Å²) >= 11 is 5.91. The summed E-state index contributed by atoms with van der Waals surface area (Å²) in [5.74, 6) is -0.388. The van der Waals surface area contributed by atoms with Crippen LogP contribution in [-0.2, 0) is 6.42 Å². The Labute approximate surface area is 132 Å². The summed E-state index contributed by atoms with van der Waals surface area (Å²) in [7, 11) is 0. The number of nitro benzene ring substituents is 1. The Morgan fingerprint density at radius 2 is 2.00 bits per heavy atom. The number of hydrogen-bond acceptors (Lipinski definition) is 3. The maximum Gasteiger partial charge on any atom is 0.282 e. The maximum atomic E-state index is 12.8. The SMILES string of the molecule is O=C(c1cc(Cl)ccc1[N+](=O)[O-])N1CCCc2ccccc21. The van der Waals surface area contributed by atoms with Gasteiger partial charge < -0.3 is 4.90 Å². The number of rotatable bonds is 2. The molecule has 0 aromatic heterocycles. The zero-order chi connectivity index (χ0) is 15.7. The number of carbonyl (C=O) groups is 1. The van der Waals surface area contributed by atoms with Gasteiger partial charge in [-0.1, -0.05) is 29.8 Å². The monoisotopic (exact) mass is 316 g/mol. The minimum Gasteiger partial charge on any atom is -0.308 e. The van der Waals surface area contributed by atoms with E-state index in [1.54, 1.807) is 4.90 Å². The lowest BCUT2D eigenvalue weighted by atomic mass is 10.0. The highest BCUT2D eigenvalue weighted by atomic mass is 35.5. The number of nitro groups is 1. The van der Waals surface area contributed by atoms with Gasteiger partial charge in [0, 0.05) is 23.3 Å². The predicted octanol–water partition coefficient (Wildman–Crippen LogP) is 3.84. The smallest absolute Gasteiger partial charge is 0.282 e. The molecule has 0 saturated carbocycles. The Hall–Kier alpha value is -2.40. The molecular weight excluding hydrogens is 304 g/mol. The van der Waals surface area contributed by atoms with E-state index < -0.39 is 4.92 Å². The average Bonchev–Trinajstić information content (AvgIpc) is 2.53. The molecule has 0 fully saturated rings. The van der Waals surface area contributed by atoms with Crippen molar-refractivity contribution in [2.75, 3.05) is 11.4 Å². The van der Waals surface area contributed by atoms with Gasteiger partial charge in [0.15, 0.2) is 0 Å². The fraction of sp³-hybridized carbons (Fsp3) is 0.188. The van der Waals surface area contributed by atoms with Crippen LogP contribution in [0.15, 0.2) is 42.5 Å². The Morgan fingerprint density at radius 3 is 2.77 bits per heavy atom. The van der Waals surface area contributed by atoms with Gasteiger partial charge in [0.2, 0.25) is 0 Å². The second kappa shape index (κ2) is 5.77. The van der Waals surface area contributed by atoms with Crippen LogP contribution in [0.5, 0.6) is 0 Å². The van der Waals surface area contributed by atoms with Gasteiger partial charge in [-0.05, 0) is 36.6 Å². The van der Waals surface area contributed by atoms with Crippen LogP contribution >= 0.6 is 11.6 Å². The van der Waals surface area contributed by atoms with Crippen molar-refractivity contribution in [1.29, 1.82) is 0 Å². The molecule has 1 aliphatic rings. The first-order valence-electron chi connectivity index (χ1n) is 6.91. The number of halogens is 1. The number of hydrogen-bond donors (Lipinski definition) is 0. The molecule has 0 radical (unpaired) electrons. The van der Waals surface area contributed by atoms with E-state index in [0.29, 0.717) is 11.6 Å². The third kappa shape index (κ3) is 2.55. The molecule has 0 aliphatic carbocycles. The third-order valence-electron chi connectivity index (χ3n) is 3.74. The van der Waals surface area contributed by atoms with Gasteiger partial charge in [-0.2, -0.15) is 0 Å². The van der Waals surface area contributed by atoms with Gasteiger partial charge >= 0.3 is 0 Å². The van der Waals surface area contributed by atoms with Crippen LogP contribution in [0.25, 0.3) is 0 Å². The molecule has 1 heterocycles. The van der Waals surface area contributed by atoms with Crippen molar-refractivity contribution >= 4 is 28.9 Å². The number of para-hydroxylation sites is 1. The van der Waals surface area contributed by atoms with Gasteiger partial charge in [0.1, 0.15) is 5.56 Å². The van der Waals surface area contributed by atoms with E-state index in [1.165, 1.54) is 18.2 Å². The minimum atomic E-state index is -0.556. The van der Waals surface area contributed by atoms with Crippen molar-refractivity contribution in [3.8, 4) is 0 Å². The highest BCUT2D eigenvalue weighted by Gasteiger charge is 2.28. The molecule has 5 nitrogen and oxygen atoms in total. The Kier molecular flexibility index (Phi) is 3.81. The second-order valence-electron chi connectivity index (χ2n) is 5.11. The number of fused-ring (bicyclic) bond motifs is 1. The van der Waals surface area contributed by atoms with Crippen molar-refractivity contribution in [2.24, 2.45) is 0 Å². The van der Waals surface area contributed by atoms with Crippen molar-refractivity contribution in [3.63, 3.8) is 0 Å². The standard InChI is InChI=1S/C16H13ClN2O3/c17-12-7-8-15(19(21)22)13(10-12)16(20)18-9-3-5-11-4-1-2-6-14(11)18/h1-2,4,6-8,10H,3,5,9H2. The maximum absolute atomic E-state index is 12.8. The first kappa shape index (κ1) is 14.5. The molecule has 112 valence electrons. The topological polar surface area (TPSA) is 63.4 Å². The minimum absolute atomic E-state index is 0.0224. The molecule has 2 aromatic rings. The van der Waals surface area contributed by atoms with E-state index in [9.17, 15) is 14.9 Å². The second-order valence-corrected chi connectivity index (χ2v) is 5.54. The zero-order valence-corrected chi connectivity index (χ0v) is 12.4. The van der Waals surface area contributed by atoms with Crippen LogP contribution in [0, 0.1) is 10.1 Å². The number of benzene rings is 2. The zero-order valence-electron chi connectivity index (χ0n) is 11.7. The summed E-state index contributed by atoms with van der Waals surface area (Å²) in [4.78, 5) is 25.0. The normalized spacial score (nSPS) is 13.6. The van der Waals surface area contributed by atoms with E-state index in [-0.39, 0.29) is 17.2 Å². The lowest BCUT2D eigenvalue weighted by molar-refractivity contribution is -0.385. The summed E-state index contributed by atoms with van der Waals surface area (Å²) in [5.41, 5.74) is 1.69. The van der Waals surface area contributed by atoms with Crippen molar-refractivity contribution in [2.45, 2.75) is 12.8 Å². The number of nitrogens with zero attached hydrogens (tertiary/aromatic N) is 2. The summed E-state index contributed by atoms with van der Waals surface area (Å²) in [5, 5.41) is 11.5. The van der Waals surface area contributed by atoms with E-state index >= 15 is 0 Å². The van der Waals surface area contributed by atoms with Crippen LogP contribution in [0.4, 0.5) is 11.4 Å². The molecule has 0 saturated heterocycles. The molecule has 0 N–H and O–H groups in total. The van der Waals surface area contributed by atoms with Gasteiger partial charge in [0.05, 0.1) is 4.92 Å².